The van der Waals surface area contributed by atoms with Crippen LogP contribution in [0.2, 0.25) is 0 Å². The van der Waals surface area contributed by atoms with Gasteiger partial charge in [0.15, 0.2) is 6.61 Å². The van der Waals surface area contributed by atoms with Gasteiger partial charge in [-0.05, 0) is 36.4 Å². The van der Waals surface area contributed by atoms with Crippen molar-refractivity contribution in [3.8, 4) is 11.5 Å². The van der Waals surface area contributed by atoms with E-state index in [9.17, 15) is 23.1 Å². The van der Waals surface area contributed by atoms with Gasteiger partial charge in [0.25, 0.3) is 5.91 Å². The molecular formula is C18H20N2O7S. The molecule has 9 nitrogen and oxygen atoms in total. The summed E-state index contributed by atoms with van der Waals surface area (Å²) in [7, 11) is 0.435. The van der Waals surface area contributed by atoms with Gasteiger partial charge >= 0.3 is 5.97 Å². The molecule has 0 unspecified atom stereocenters. The third-order valence-corrected chi connectivity index (χ3v) is 5.45. The van der Waals surface area contributed by atoms with E-state index >= 15 is 0 Å². The van der Waals surface area contributed by atoms with Crippen molar-refractivity contribution in [2.45, 2.75) is 4.90 Å². The highest BCUT2D eigenvalue weighted by Crippen LogP contribution is 2.28. The van der Waals surface area contributed by atoms with Crippen molar-refractivity contribution in [2.24, 2.45) is 0 Å². The molecule has 10 heteroatoms. The van der Waals surface area contributed by atoms with Crippen molar-refractivity contribution >= 4 is 27.6 Å². The van der Waals surface area contributed by atoms with E-state index in [-0.39, 0.29) is 27.6 Å². The molecule has 2 aromatic carbocycles. The predicted molar refractivity (Wildman–Crippen MR) is 101 cm³/mol. The Morgan fingerprint density at radius 1 is 1.14 bits per heavy atom. The number of nitrogens with one attached hydrogen (secondary N) is 1. The number of phenolic OH excluding ortho intramolecular Hbond substituents is 1. The van der Waals surface area contributed by atoms with Crippen molar-refractivity contribution in [1.29, 1.82) is 0 Å². The Balaban J connectivity index is 2.11. The SMILES string of the molecule is COc1ccc(S(=O)(=O)N(C)C)cc1NC(=O)COC(=O)c1cccc(O)c1. The second-order valence-corrected chi connectivity index (χ2v) is 7.98. The molecule has 150 valence electrons. The lowest BCUT2D eigenvalue weighted by Crippen LogP contribution is -2.23. The number of nitrogens with zero attached hydrogens (tertiary/aromatic N) is 1. The van der Waals surface area contributed by atoms with Crippen molar-refractivity contribution < 1.29 is 32.6 Å². The lowest BCUT2D eigenvalue weighted by Gasteiger charge is -2.15. The van der Waals surface area contributed by atoms with Crippen LogP contribution in [-0.4, -0.2) is 57.5 Å². The fraction of sp³-hybridized carbons (Fsp3) is 0.222. The maximum Gasteiger partial charge on any atom is 0.338 e. The van der Waals surface area contributed by atoms with Gasteiger partial charge in [-0.15, -0.1) is 0 Å². The molecule has 0 saturated heterocycles. The molecule has 2 rings (SSSR count). The molecule has 28 heavy (non-hydrogen) atoms. The zero-order valence-corrected chi connectivity index (χ0v) is 16.3. The maximum atomic E-state index is 12.3. The molecule has 0 radical (unpaired) electrons. The Bertz CT molecular complexity index is 987. The molecule has 1 amide bonds. The second kappa shape index (κ2) is 8.72. The Morgan fingerprint density at radius 3 is 2.46 bits per heavy atom. The summed E-state index contributed by atoms with van der Waals surface area (Å²) in [4.78, 5) is 24.0. The van der Waals surface area contributed by atoms with E-state index in [1.54, 1.807) is 0 Å². The zero-order valence-electron chi connectivity index (χ0n) is 15.5. The highest BCUT2D eigenvalue weighted by atomic mass is 32.2. The highest BCUT2D eigenvalue weighted by Gasteiger charge is 2.20. The summed E-state index contributed by atoms with van der Waals surface area (Å²) >= 11 is 0. The van der Waals surface area contributed by atoms with Gasteiger partial charge in [0.05, 0.1) is 23.3 Å². The van der Waals surface area contributed by atoms with Crippen LogP contribution in [0.25, 0.3) is 0 Å². The van der Waals surface area contributed by atoms with Gasteiger partial charge in [-0.25, -0.2) is 17.5 Å². The number of ether oxygens (including phenoxy) is 2. The molecule has 0 atom stereocenters. The first-order valence-electron chi connectivity index (χ1n) is 8.01. The van der Waals surface area contributed by atoms with Gasteiger partial charge in [0.2, 0.25) is 10.0 Å². The van der Waals surface area contributed by atoms with Crippen molar-refractivity contribution in [3.63, 3.8) is 0 Å². The van der Waals surface area contributed by atoms with Crippen LogP contribution in [-0.2, 0) is 19.6 Å². The first kappa shape index (κ1) is 21.2. The Labute approximate surface area is 162 Å². The smallest absolute Gasteiger partial charge is 0.338 e. The van der Waals surface area contributed by atoms with E-state index in [0.717, 1.165) is 4.31 Å². The number of esters is 1. The molecule has 0 spiro atoms. The number of anilines is 1. The molecular weight excluding hydrogens is 388 g/mol. The van der Waals surface area contributed by atoms with Crippen LogP contribution in [0, 0.1) is 0 Å². The largest absolute Gasteiger partial charge is 0.508 e. The molecule has 0 aromatic heterocycles. The number of methoxy groups -OCH3 is 1. The monoisotopic (exact) mass is 408 g/mol. The summed E-state index contributed by atoms with van der Waals surface area (Å²) in [6.45, 7) is -0.609. The van der Waals surface area contributed by atoms with Gasteiger partial charge in [-0.1, -0.05) is 6.07 Å². The van der Waals surface area contributed by atoms with Gasteiger partial charge in [-0.3, -0.25) is 4.79 Å². The fourth-order valence-electron chi connectivity index (χ4n) is 2.19. The topological polar surface area (TPSA) is 122 Å². The summed E-state index contributed by atoms with van der Waals surface area (Å²) in [6.07, 6.45) is 0. The van der Waals surface area contributed by atoms with Gasteiger partial charge < -0.3 is 19.9 Å². The molecule has 0 fully saturated rings. The van der Waals surface area contributed by atoms with Crippen molar-refractivity contribution in [2.75, 3.05) is 33.1 Å². The van der Waals surface area contributed by atoms with Crippen LogP contribution >= 0.6 is 0 Å². The Hall–Kier alpha value is -3.11. The van der Waals surface area contributed by atoms with E-state index in [1.807, 2.05) is 0 Å². The van der Waals surface area contributed by atoms with Crippen LogP contribution in [0.15, 0.2) is 47.4 Å². The molecule has 0 bridgehead atoms. The van der Waals surface area contributed by atoms with E-state index in [4.69, 9.17) is 9.47 Å². The molecule has 2 aromatic rings. The number of carbonyl (C=O) groups excluding carboxylic acids is 2. The van der Waals surface area contributed by atoms with E-state index < -0.39 is 28.5 Å². The van der Waals surface area contributed by atoms with Gasteiger partial charge in [0, 0.05) is 14.1 Å². The molecule has 0 aliphatic rings. The zero-order chi connectivity index (χ0) is 20.9. The quantitative estimate of drug-likeness (QED) is 0.665. The van der Waals surface area contributed by atoms with Crippen LogP contribution in [0.3, 0.4) is 0 Å². The van der Waals surface area contributed by atoms with Crippen LogP contribution in [0.4, 0.5) is 5.69 Å². The number of sulfonamides is 1. The van der Waals surface area contributed by atoms with Crippen LogP contribution < -0.4 is 10.1 Å². The maximum absolute atomic E-state index is 12.3. The minimum Gasteiger partial charge on any atom is -0.508 e. The third-order valence-electron chi connectivity index (χ3n) is 3.64. The number of amides is 1. The van der Waals surface area contributed by atoms with Crippen molar-refractivity contribution in [1.82, 2.24) is 4.31 Å². The summed E-state index contributed by atoms with van der Waals surface area (Å²) in [5, 5.41) is 11.8. The number of aromatic hydroxyl groups is 1. The first-order chi connectivity index (χ1) is 13.1. The van der Waals surface area contributed by atoms with Crippen LogP contribution in [0.1, 0.15) is 10.4 Å². The number of benzene rings is 2. The summed E-state index contributed by atoms with van der Waals surface area (Å²) < 4.78 is 35.6. The molecule has 0 saturated carbocycles. The van der Waals surface area contributed by atoms with E-state index in [2.05, 4.69) is 5.32 Å². The molecule has 0 aliphatic carbocycles. The molecule has 0 heterocycles. The Morgan fingerprint density at radius 2 is 1.86 bits per heavy atom. The lowest BCUT2D eigenvalue weighted by atomic mass is 10.2. The minimum absolute atomic E-state index is 0.0367. The predicted octanol–water partition coefficient (Wildman–Crippen LogP) is 1.45. The van der Waals surface area contributed by atoms with Gasteiger partial charge in [-0.2, -0.15) is 0 Å². The summed E-state index contributed by atoms with van der Waals surface area (Å²) in [5.41, 5.74) is 0.202. The average Bonchev–Trinajstić information content (AvgIpc) is 2.65. The standard InChI is InChI=1S/C18H20N2O7S/c1-20(2)28(24,25)14-7-8-16(26-3)15(10-14)19-17(22)11-27-18(23)12-5-4-6-13(21)9-12/h4-10,21H,11H2,1-3H3,(H,19,22). The van der Waals surface area contributed by atoms with Gasteiger partial charge in [0.1, 0.15) is 11.5 Å². The van der Waals surface area contributed by atoms with E-state index in [1.165, 1.54) is 63.7 Å². The Kier molecular flexibility index (Phi) is 6.60. The summed E-state index contributed by atoms with van der Waals surface area (Å²) in [6, 6.07) is 9.51. The molecule has 0 aliphatic heterocycles. The normalized spacial score (nSPS) is 11.1. The molecule has 2 N–H and O–H groups in total. The fourth-order valence-corrected chi connectivity index (χ4v) is 3.12. The van der Waals surface area contributed by atoms with Crippen molar-refractivity contribution in [3.05, 3.63) is 48.0 Å². The first-order valence-corrected chi connectivity index (χ1v) is 9.45. The number of carbonyl (C=O) groups is 2. The average molecular weight is 408 g/mol. The second-order valence-electron chi connectivity index (χ2n) is 5.82. The number of phenols is 1. The lowest BCUT2D eigenvalue weighted by molar-refractivity contribution is -0.119. The summed E-state index contributed by atoms with van der Waals surface area (Å²) in [5.74, 6) is -1.35. The number of hydrogen-bond donors (Lipinski definition) is 2. The third kappa shape index (κ3) is 4.99. The van der Waals surface area contributed by atoms with E-state index in [0.29, 0.717) is 0 Å². The highest BCUT2D eigenvalue weighted by molar-refractivity contribution is 7.89. The number of hydrogen-bond acceptors (Lipinski definition) is 7. The minimum atomic E-state index is -3.71. The van der Waals surface area contributed by atoms with Crippen LogP contribution in [0.5, 0.6) is 11.5 Å². The number of rotatable bonds is 7.